The summed E-state index contributed by atoms with van der Waals surface area (Å²) in [7, 11) is 0. The highest BCUT2D eigenvalue weighted by molar-refractivity contribution is 7.13. The molecule has 1 saturated heterocycles. The highest BCUT2D eigenvalue weighted by Crippen LogP contribution is 2.43. The number of benzene rings is 1. The van der Waals surface area contributed by atoms with Crippen LogP contribution in [-0.4, -0.2) is 34.9 Å². The summed E-state index contributed by atoms with van der Waals surface area (Å²) in [6, 6.07) is 12.0. The van der Waals surface area contributed by atoms with Gasteiger partial charge in [-0.1, -0.05) is 18.2 Å². The highest BCUT2D eigenvalue weighted by Gasteiger charge is 2.46. The van der Waals surface area contributed by atoms with Gasteiger partial charge in [0.15, 0.2) is 5.13 Å². The number of anilines is 2. The van der Waals surface area contributed by atoms with Gasteiger partial charge in [0.2, 0.25) is 5.91 Å². The number of pyridine rings is 1. The van der Waals surface area contributed by atoms with Crippen molar-refractivity contribution in [3.05, 3.63) is 65.9 Å². The zero-order valence-corrected chi connectivity index (χ0v) is 16.8. The number of aromatic nitrogens is 2. The number of nitrogens with zero attached hydrogens (tertiary/aromatic N) is 3. The number of halogens is 2. The lowest BCUT2D eigenvalue weighted by Gasteiger charge is -2.24. The largest absolute Gasteiger partial charge is 0.493 e. The van der Waals surface area contributed by atoms with Gasteiger partial charge in [-0.2, -0.15) is 0 Å². The van der Waals surface area contributed by atoms with E-state index in [-0.39, 0.29) is 31.9 Å². The van der Waals surface area contributed by atoms with Crippen LogP contribution in [-0.2, 0) is 4.79 Å². The summed E-state index contributed by atoms with van der Waals surface area (Å²) in [5, 5.41) is 4.84. The second kappa shape index (κ2) is 8.74. The monoisotopic (exact) mass is 430 g/mol. The van der Waals surface area contributed by atoms with Gasteiger partial charge in [0, 0.05) is 29.9 Å². The number of amides is 1. The number of carbonyl (C=O) groups excluding carboxylic acids is 1. The van der Waals surface area contributed by atoms with Crippen LogP contribution < -0.4 is 15.0 Å². The molecule has 156 valence electrons. The Kier molecular flexibility index (Phi) is 5.89. The molecule has 6 nitrogen and oxygen atoms in total. The summed E-state index contributed by atoms with van der Waals surface area (Å²) in [5.74, 6) is -2.41. The average molecular weight is 430 g/mol. The van der Waals surface area contributed by atoms with E-state index in [1.807, 2.05) is 30.3 Å². The maximum atomic E-state index is 14.2. The molecule has 1 atom stereocenters. The number of rotatable bonds is 7. The molecule has 3 heterocycles. The third-order valence-corrected chi connectivity index (χ3v) is 5.49. The fourth-order valence-corrected chi connectivity index (χ4v) is 4.12. The van der Waals surface area contributed by atoms with E-state index in [4.69, 9.17) is 4.74 Å². The number of hydrogen-bond acceptors (Lipinski definition) is 6. The smallest absolute Gasteiger partial charge is 0.267 e. The van der Waals surface area contributed by atoms with Gasteiger partial charge < -0.3 is 15.0 Å². The molecule has 4 rings (SSSR count). The molecule has 0 radical (unpaired) electrons. The molecule has 9 heteroatoms. The molecule has 0 aliphatic carbocycles. The van der Waals surface area contributed by atoms with Gasteiger partial charge in [-0.05, 0) is 24.3 Å². The maximum absolute atomic E-state index is 14.2. The number of hydrogen-bond donors (Lipinski definition) is 1. The second-order valence-electron chi connectivity index (χ2n) is 6.95. The molecule has 2 aromatic heterocycles. The quantitative estimate of drug-likeness (QED) is 0.596. The van der Waals surface area contributed by atoms with Gasteiger partial charge in [0.1, 0.15) is 5.75 Å². The summed E-state index contributed by atoms with van der Waals surface area (Å²) in [6.07, 6.45) is 3.06. The van der Waals surface area contributed by atoms with E-state index in [1.54, 1.807) is 34.8 Å². The lowest BCUT2D eigenvalue weighted by Crippen LogP contribution is -2.26. The van der Waals surface area contributed by atoms with E-state index in [9.17, 15) is 13.6 Å². The van der Waals surface area contributed by atoms with E-state index in [0.29, 0.717) is 16.6 Å². The molecule has 0 saturated carbocycles. The van der Waals surface area contributed by atoms with Crippen molar-refractivity contribution in [2.45, 2.75) is 24.8 Å². The molecule has 1 fully saturated rings. The Labute approximate surface area is 176 Å². The Balaban J connectivity index is 1.37. The van der Waals surface area contributed by atoms with Gasteiger partial charge in [-0.15, -0.1) is 11.3 Å². The van der Waals surface area contributed by atoms with Crippen LogP contribution in [0, 0.1) is 0 Å². The van der Waals surface area contributed by atoms with Crippen molar-refractivity contribution >= 4 is 28.1 Å². The molecule has 0 unspecified atom stereocenters. The number of alkyl halides is 2. The first-order chi connectivity index (χ1) is 14.5. The predicted octanol–water partition coefficient (Wildman–Crippen LogP) is 4.53. The topological polar surface area (TPSA) is 67.3 Å². The standard InChI is InChI=1S/C21H20F2N4O2S/c22-21(23)12-18(27(14-21)15-4-2-1-3-5-15)17-13-30-20(25-17)26-19(28)8-11-29-16-6-9-24-10-7-16/h1-7,9-10,13,18H,8,11-12,14H2,(H,25,26,28)/t18-/m1/s1. The van der Waals surface area contributed by atoms with Gasteiger partial charge >= 0.3 is 0 Å². The Morgan fingerprint density at radius 3 is 2.77 bits per heavy atom. The van der Waals surface area contributed by atoms with Crippen LogP contribution in [0.15, 0.2) is 60.2 Å². The molecule has 1 aliphatic heterocycles. The van der Waals surface area contributed by atoms with E-state index >= 15 is 0 Å². The fraction of sp³-hybridized carbons (Fsp3) is 0.286. The number of para-hydroxylation sites is 1. The summed E-state index contributed by atoms with van der Waals surface area (Å²) in [5.41, 5.74) is 1.26. The zero-order chi connectivity index (χ0) is 21.0. The summed E-state index contributed by atoms with van der Waals surface area (Å²) in [4.78, 5) is 22.1. The van der Waals surface area contributed by atoms with Crippen LogP contribution in [0.3, 0.4) is 0 Å². The molecule has 1 aromatic carbocycles. The van der Waals surface area contributed by atoms with Crippen molar-refractivity contribution in [3.63, 3.8) is 0 Å². The first-order valence-corrected chi connectivity index (χ1v) is 10.4. The van der Waals surface area contributed by atoms with Crippen molar-refractivity contribution in [2.24, 2.45) is 0 Å². The van der Waals surface area contributed by atoms with Crippen LogP contribution in [0.1, 0.15) is 24.6 Å². The third kappa shape index (κ3) is 4.91. The second-order valence-corrected chi connectivity index (χ2v) is 7.80. The highest BCUT2D eigenvalue weighted by atomic mass is 32.1. The lowest BCUT2D eigenvalue weighted by atomic mass is 10.1. The zero-order valence-electron chi connectivity index (χ0n) is 16.0. The maximum Gasteiger partial charge on any atom is 0.267 e. The van der Waals surface area contributed by atoms with E-state index in [2.05, 4.69) is 15.3 Å². The van der Waals surface area contributed by atoms with Gasteiger partial charge in [-0.25, -0.2) is 13.8 Å². The van der Waals surface area contributed by atoms with Crippen molar-refractivity contribution in [1.82, 2.24) is 9.97 Å². The molecule has 1 N–H and O–H groups in total. The van der Waals surface area contributed by atoms with Crippen LogP contribution in [0.4, 0.5) is 19.6 Å². The van der Waals surface area contributed by atoms with Crippen molar-refractivity contribution in [1.29, 1.82) is 0 Å². The Morgan fingerprint density at radius 2 is 2.00 bits per heavy atom. The van der Waals surface area contributed by atoms with Gasteiger partial charge in [0.25, 0.3) is 5.92 Å². The van der Waals surface area contributed by atoms with E-state index in [0.717, 1.165) is 5.69 Å². The summed E-state index contributed by atoms with van der Waals surface area (Å²) in [6.45, 7) is -0.141. The Hall–Kier alpha value is -3.07. The van der Waals surface area contributed by atoms with E-state index in [1.165, 1.54) is 11.3 Å². The minimum atomic E-state index is -2.79. The first-order valence-electron chi connectivity index (χ1n) is 9.48. The minimum absolute atomic E-state index is 0.148. The first kappa shape index (κ1) is 20.2. The molecule has 1 aliphatic rings. The molecule has 0 bridgehead atoms. The summed E-state index contributed by atoms with van der Waals surface area (Å²) < 4.78 is 33.8. The molecule has 1 amide bonds. The number of ether oxygens (including phenoxy) is 1. The molecule has 3 aromatic rings. The Bertz CT molecular complexity index is 985. The van der Waals surface area contributed by atoms with Gasteiger partial charge in [0.05, 0.1) is 31.3 Å². The van der Waals surface area contributed by atoms with Crippen LogP contribution in [0.5, 0.6) is 5.75 Å². The van der Waals surface area contributed by atoms with Crippen LogP contribution >= 0.6 is 11.3 Å². The van der Waals surface area contributed by atoms with Gasteiger partial charge in [-0.3, -0.25) is 9.78 Å². The van der Waals surface area contributed by atoms with Crippen molar-refractivity contribution in [2.75, 3.05) is 23.4 Å². The molecular formula is C21H20F2N4O2S. The number of thiazole rings is 1. The normalized spacial score (nSPS) is 17.7. The van der Waals surface area contributed by atoms with Crippen LogP contribution in [0.2, 0.25) is 0 Å². The predicted molar refractivity (Wildman–Crippen MR) is 111 cm³/mol. The van der Waals surface area contributed by atoms with E-state index < -0.39 is 12.0 Å². The molecular weight excluding hydrogens is 410 g/mol. The molecule has 30 heavy (non-hydrogen) atoms. The molecule has 0 spiro atoms. The number of carbonyl (C=O) groups is 1. The average Bonchev–Trinajstić information content (AvgIpc) is 3.33. The fourth-order valence-electron chi connectivity index (χ4n) is 3.35. The van der Waals surface area contributed by atoms with Crippen molar-refractivity contribution < 1.29 is 18.3 Å². The SMILES string of the molecule is O=C(CCOc1ccncc1)Nc1nc([C@H]2CC(F)(F)CN2c2ccccc2)cs1. The number of nitrogens with one attached hydrogen (secondary N) is 1. The third-order valence-electron chi connectivity index (χ3n) is 4.72. The van der Waals surface area contributed by atoms with Crippen LogP contribution in [0.25, 0.3) is 0 Å². The summed E-state index contributed by atoms with van der Waals surface area (Å²) >= 11 is 1.23. The Morgan fingerprint density at radius 1 is 1.23 bits per heavy atom. The van der Waals surface area contributed by atoms with Crippen molar-refractivity contribution in [3.8, 4) is 5.75 Å². The minimum Gasteiger partial charge on any atom is -0.493 e. The lowest BCUT2D eigenvalue weighted by molar-refractivity contribution is -0.116.